The summed E-state index contributed by atoms with van der Waals surface area (Å²) in [4.78, 5) is 76.9. The van der Waals surface area contributed by atoms with Crippen molar-refractivity contribution in [3.05, 3.63) is 0 Å². The van der Waals surface area contributed by atoms with Gasteiger partial charge in [-0.2, -0.15) is 23.5 Å². The summed E-state index contributed by atoms with van der Waals surface area (Å²) in [5.41, 5.74) is 0. The molecule has 24 heteroatoms. The summed E-state index contributed by atoms with van der Waals surface area (Å²) in [6.45, 7) is 0. The van der Waals surface area contributed by atoms with Crippen LogP contribution in [0.15, 0.2) is 0 Å². The van der Waals surface area contributed by atoms with E-state index in [9.17, 15) is 0 Å². The summed E-state index contributed by atoms with van der Waals surface area (Å²) in [5.74, 6) is 0. The standard InChI is InChI=1S/Al.Ca.Fe.Mg.Mn.3H3O4P.4H2O/c;;;;;3*1-5(2,3)4;;;;/h;;;;;3*(H3,1,2,3,4);4*1H2/q+3;+2;+3;2*+2;;;;;;;/p-12. The molecular formula is H5AlCaFeMgMnO16P3. The molecule has 0 atom stereocenters. The first kappa shape index (κ1) is 80.0. The molecule has 16 nitrogen and oxygen atoms in total. The summed E-state index contributed by atoms with van der Waals surface area (Å²) >= 11 is 0. The summed E-state index contributed by atoms with van der Waals surface area (Å²) in [6.07, 6.45) is 0. The first-order valence-electron chi connectivity index (χ1n) is 2.19. The predicted molar refractivity (Wildman–Crippen MR) is 49.5 cm³/mol. The van der Waals surface area contributed by atoms with Crippen LogP contribution in [0.2, 0.25) is 0 Å². The Labute approximate surface area is 213 Å². The molecule has 0 heterocycles. The predicted octanol–water partition coefficient (Wildman–Crippen LogP) is -11.0. The molecule has 0 aliphatic heterocycles. The fourth-order valence-electron chi connectivity index (χ4n) is 0. The van der Waals surface area contributed by atoms with Gasteiger partial charge < -0.3 is 79.6 Å². The Bertz CT molecular complexity index is 227. The van der Waals surface area contributed by atoms with Gasteiger partial charge >= 0.3 is 112 Å². The van der Waals surface area contributed by atoms with Crippen LogP contribution in [-0.4, -0.2) is 100 Å². The minimum absolute atomic E-state index is 0. The van der Waals surface area contributed by atoms with Crippen molar-refractivity contribution in [1.29, 1.82) is 0 Å². The molecule has 0 unspecified atom stereocenters. The van der Waals surface area contributed by atoms with E-state index < -0.39 is 23.5 Å². The summed E-state index contributed by atoms with van der Waals surface area (Å²) in [7, 11) is -16.2. The molecule has 0 fully saturated rings. The van der Waals surface area contributed by atoms with E-state index in [1.807, 2.05) is 0 Å². The molecule has 0 aromatic rings. The zero-order valence-electron chi connectivity index (χ0n) is 10.8. The first-order chi connectivity index (χ1) is 6.00. The van der Waals surface area contributed by atoms with Crippen LogP contribution in [0.25, 0.3) is 0 Å². The second kappa shape index (κ2) is 37.5. The quantitative estimate of drug-likeness (QED) is 0.197. The number of hydrogen-bond donors (Lipinski definition) is 0. The second-order valence-corrected chi connectivity index (χ2v) is 4.02. The smallest absolute Gasteiger partial charge is 0.870 e. The molecule has 5 N–H and O–H groups in total. The molecule has 0 aliphatic rings. The monoisotopic (exact) mass is 556 g/mol. The van der Waals surface area contributed by atoms with Crippen molar-refractivity contribution in [1.82, 2.24) is 0 Å². The van der Waals surface area contributed by atoms with Gasteiger partial charge in [-0.15, -0.1) is 0 Å². The van der Waals surface area contributed by atoms with E-state index in [1.165, 1.54) is 0 Å². The molecule has 0 spiro atoms. The van der Waals surface area contributed by atoms with Crippen LogP contribution in [0.1, 0.15) is 0 Å². The van der Waals surface area contributed by atoms with E-state index in [-0.39, 0.29) is 134 Å². The number of hydrogen-bond acceptors (Lipinski definition) is 15. The third kappa shape index (κ3) is 1110. The number of phosphoric acid groups is 3. The van der Waals surface area contributed by atoms with Crippen LogP contribution in [0.4, 0.5) is 0 Å². The Morgan fingerprint density at radius 2 is 0.542 bits per heavy atom. The van der Waals surface area contributed by atoms with Crippen molar-refractivity contribution < 1.29 is 114 Å². The SMILES string of the molecule is O.O=P([O-])([O-])[O-].O=P([O-])([O-])[O-].O=P([O-])([O-])[O-].[Al+3].[Ca+2].[Fe+3].[Mg+2].[Mn+2].[OH-].[OH-].[OH-]. The van der Waals surface area contributed by atoms with Gasteiger partial charge in [-0.3, -0.25) is 0 Å². The van der Waals surface area contributed by atoms with Crippen molar-refractivity contribution in [3.63, 3.8) is 0 Å². The van der Waals surface area contributed by atoms with Crippen LogP contribution in [0.5, 0.6) is 0 Å². The van der Waals surface area contributed by atoms with Gasteiger partial charge in [-0.1, -0.05) is 0 Å². The van der Waals surface area contributed by atoms with Gasteiger partial charge in [0.2, 0.25) is 0 Å². The molecule has 0 aliphatic carbocycles. The van der Waals surface area contributed by atoms with Gasteiger partial charge in [0.1, 0.15) is 0 Å². The van der Waals surface area contributed by atoms with Gasteiger partial charge in [-0.05, 0) is 0 Å². The van der Waals surface area contributed by atoms with Crippen molar-refractivity contribution >= 4 is 102 Å². The van der Waals surface area contributed by atoms with Crippen molar-refractivity contribution in [3.8, 4) is 0 Å². The zero-order chi connectivity index (χ0) is 13.5. The second-order valence-electron chi connectivity index (χ2n) is 1.34. The summed E-state index contributed by atoms with van der Waals surface area (Å²) < 4.78 is 25.6. The fraction of sp³-hybridized carbons (Fsp3) is 0. The molecule has 24 heavy (non-hydrogen) atoms. The van der Waals surface area contributed by atoms with Crippen LogP contribution in [0.3, 0.4) is 0 Å². The molecule has 0 bridgehead atoms. The fourth-order valence-corrected chi connectivity index (χ4v) is 0. The zero-order valence-corrected chi connectivity index (χ0v) is 20.6. The van der Waals surface area contributed by atoms with Crippen LogP contribution < -0.4 is 44.0 Å². The number of rotatable bonds is 0. The Kier molecular flexibility index (Phi) is 125. The van der Waals surface area contributed by atoms with E-state index in [2.05, 4.69) is 0 Å². The molecule has 138 valence electrons. The van der Waals surface area contributed by atoms with Gasteiger partial charge in [0.15, 0.2) is 0 Å². The van der Waals surface area contributed by atoms with Crippen LogP contribution >= 0.6 is 23.5 Å². The Morgan fingerprint density at radius 3 is 0.542 bits per heavy atom. The van der Waals surface area contributed by atoms with E-state index in [4.69, 9.17) is 57.7 Å². The van der Waals surface area contributed by atoms with Crippen LogP contribution in [-0.2, 0) is 47.8 Å². The molecular weight excluding hydrogens is 551 g/mol. The van der Waals surface area contributed by atoms with E-state index in [1.54, 1.807) is 0 Å². The van der Waals surface area contributed by atoms with Crippen molar-refractivity contribution in [2.75, 3.05) is 0 Å². The van der Waals surface area contributed by atoms with Gasteiger partial charge in [0.05, 0.1) is 0 Å². The largest absolute Gasteiger partial charge is 3.00 e. The van der Waals surface area contributed by atoms with E-state index in [0.29, 0.717) is 0 Å². The van der Waals surface area contributed by atoms with E-state index >= 15 is 0 Å². The van der Waals surface area contributed by atoms with Gasteiger partial charge in [-0.25, -0.2) is 0 Å². The topological polar surface area (TPSA) is 380 Å². The molecule has 0 aromatic heterocycles. The maximum absolute atomic E-state index is 8.55. The molecule has 0 saturated heterocycles. The van der Waals surface area contributed by atoms with E-state index in [0.717, 1.165) is 0 Å². The first-order valence-corrected chi connectivity index (χ1v) is 6.57. The third-order valence-electron chi connectivity index (χ3n) is 0. The molecule has 0 saturated carbocycles. The maximum Gasteiger partial charge on any atom is 3.00 e. The van der Waals surface area contributed by atoms with Gasteiger partial charge in [0.25, 0.3) is 0 Å². The average molecular weight is 556 g/mol. The Morgan fingerprint density at radius 1 is 0.542 bits per heavy atom. The summed E-state index contributed by atoms with van der Waals surface area (Å²) in [6, 6.07) is 0. The minimum atomic E-state index is -5.39. The molecule has 0 rings (SSSR count). The summed E-state index contributed by atoms with van der Waals surface area (Å²) in [5, 5.41) is 0. The Balaban J connectivity index is -0.00000000758. The minimum Gasteiger partial charge on any atom is -0.870 e. The maximum atomic E-state index is 8.55. The Hall–Kier alpha value is 3.77. The van der Waals surface area contributed by atoms with Crippen LogP contribution in [0, 0.1) is 0 Å². The average Bonchev–Trinajstić information content (AvgIpc) is 1.41. The molecule has 2 radical (unpaired) electrons. The van der Waals surface area contributed by atoms with Crippen molar-refractivity contribution in [2.24, 2.45) is 0 Å². The van der Waals surface area contributed by atoms with Gasteiger partial charge in [0, 0.05) is 0 Å². The molecule has 0 aromatic carbocycles. The normalized spacial score (nSPS) is 7.38. The van der Waals surface area contributed by atoms with Crippen molar-refractivity contribution in [2.45, 2.75) is 0 Å². The molecule has 0 amide bonds. The third-order valence-corrected chi connectivity index (χ3v) is 0.